The number of rotatable bonds is 7. The highest BCUT2D eigenvalue weighted by Crippen LogP contribution is 2.18. The van der Waals surface area contributed by atoms with Gasteiger partial charge in [-0.3, -0.25) is 14.7 Å². The fourth-order valence-corrected chi connectivity index (χ4v) is 2.97. The van der Waals surface area contributed by atoms with E-state index in [0.29, 0.717) is 6.54 Å². The number of hydrogen-bond donors (Lipinski definition) is 2. The molecule has 8 heteroatoms. The van der Waals surface area contributed by atoms with Crippen LogP contribution in [0.4, 0.5) is 0 Å². The molecule has 25 heavy (non-hydrogen) atoms. The Labute approximate surface area is 167 Å². The van der Waals surface area contributed by atoms with E-state index in [0.717, 1.165) is 50.6 Å². The van der Waals surface area contributed by atoms with E-state index in [1.54, 1.807) is 18.2 Å². The second-order valence-corrected chi connectivity index (χ2v) is 6.21. The number of carbonyl (C=O) groups excluding carboxylic acids is 1. The van der Waals surface area contributed by atoms with Crippen LogP contribution in [0.3, 0.4) is 0 Å². The van der Waals surface area contributed by atoms with Crippen LogP contribution < -0.4 is 10.6 Å². The van der Waals surface area contributed by atoms with Crippen molar-refractivity contribution in [1.29, 1.82) is 0 Å². The summed E-state index contributed by atoms with van der Waals surface area (Å²) in [4.78, 5) is 20.4. The van der Waals surface area contributed by atoms with Crippen LogP contribution in [-0.4, -0.2) is 68.5 Å². The molecule has 7 nitrogen and oxygen atoms in total. The van der Waals surface area contributed by atoms with Crippen molar-refractivity contribution < 1.29 is 9.21 Å². The van der Waals surface area contributed by atoms with E-state index in [4.69, 9.17) is 4.42 Å². The summed E-state index contributed by atoms with van der Waals surface area (Å²) >= 11 is 0. The summed E-state index contributed by atoms with van der Waals surface area (Å²) in [6.45, 7) is 3.36. The normalized spacial score (nSPS) is 17.9. The van der Waals surface area contributed by atoms with Crippen LogP contribution in [0.1, 0.15) is 25.0 Å². The van der Waals surface area contributed by atoms with Gasteiger partial charge in [0.2, 0.25) is 5.91 Å². The fourth-order valence-electron chi connectivity index (χ4n) is 2.97. The van der Waals surface area contributed by atoms with E-state index in [2.05, 4.69) is 20.5 Å². The molecule has 0 spiro atoms. The summed E-state index contributed by atoms with van der Waals surface area (Å²) in [6, 6.07) is 3.85. The predicted octanol–water partition coefficient (Wildman–Crippen LogP) is 1.51. The Morgan fingerprint density at radius 2 is 2.24 bits per heavy atom. The van der Waals surface area contributed by atoms with Crippen LogP contribution in [0.2, 0.25) is 0 Å². The highest BCUT2D eigenvalue weighted by atomic mass is 127. The van der Waals surface area contributed by atoms with Gasteiger partial charge in [-0.05, 0) is 37.9 Å². The summed E-state index contributed by atoms with van der Waals surface area (Å²) in [7, 11) is 5.41. The molecule has 1 atom stereocenters. The van der Waals surface area contributed by atoms with Crippen LogP contribution in [0.5, 0.6) is 0 Å². The Balaban J connectivity index is 0.00000312. The SMILES string of the molecule is CN=C(NCCCN1CCCC1C(=O)N(C)C)NCc1ccco1.I. The molecule has 0 aromatic carbocycles. The molecular formula is C17H30IN5O2. The van der Waals surface area contributed by atoms with Gasteiger partial charge in [0.05, 0.1) is 18.8 Å². The van der Waals surface area contributed by atoms with Crippen LogP contribution in [0, 0.1) is 0 Å². The highest BCUT2D eigenvalue weighted by molar-refractivity contribution is 14.0. The van der Waals surface area contributed by atoms with Gasteiger partial charge in [0.15, 0.2) is 5.96 Å². The fraction of sp³-hybridized carbons (Fsp3) is 0.647. The Morgan fingerprint density at radius 3 is 2.88 bits per heavy atom. The Bertz CT molecular complexity index is 533. The lowest BCUT2D eigenvalue weighted by atomic mass is 10.2. The molecule has 1 amide bonds. The van der Waals surface area contributed by atoms with Gasteiger partial charge < -0.3 is 20.0 Å². The van der Waals surface area contributed by atoms with Gasteiger partial charge in [-0.1, -0.05) is 0 Å². The van der Waals surface area contributed by atoms with Gasteiger partial charge in [0.1, 0.15) is 5.76 Å². The number of likely N-dealkylation sites (tertiary alicyclic amines) is 1. The van der Waals surface area contributed by atoms with Crippen molar-refractivity contribution in [2.24, 2.45) is 4.99 Å². The zero-order valence-electron chi connectivity index (χ0n) is 15.3. The molecule has 1 saturated heterocycles. The molecule has 1 unspecified atom stereocenters. The number of aliphatic imine (C=N–C) groups is 1. The lowest BCUT2D eigenvalue weighted by molar-refractivity contribution is -0.133. The molecule has 0 saturated carbocycles. The summed E-state index contributed by atoms with van der Waals surface area (Å²) < 4.78 is 5.29. The van der Waals surface area contributed by atoms with Crippen LogP contribution in [0.25, 0.3) is 0 Å². The van der Waals surface area contributed by atoms with E-state index in [1.807, 2.05) is 26.2 Å². The smallest absolute Gasteiger partial charge is 0.239 e. The van der Waals surface area contributed by atoms with Crippen molar-refractivity contribution in [3.05, 3.63) is 24.2 Å². The maximum absolute atomic E-state index is 12.2. The average molecular weight is 463 g/mol. The number of furan rings is 1. The number of nitrogens with zero attached hydrogens (tertiary/aromatic N) is 3. The highest BCUT2D eigenvalue weighted by Gasteiger charge is 2.30. The topological polar surface area (TPSA) is 73.1 Å². The third-order valence-electron chi connectivity index (χ3n) is 4.24. The van der Waals surface area contributed by atoms with Gasteiger partial charge in [-0.25, -0.2) is 0 Å². The lowest BCUT2D eigenvalue weighted by Gasteiger charge is -2.26. The minimum Gasteiger partial charge on any atom is -0.467 e. The van der Waals surface area contributed by atoms with Gasteiger partial charge in [0.25, 0.3) is 0 Å². The number of amides is 1. The first-order chi connectivity index (χ1) is 11.6. The van der Waals surface area contributed by atoms with Crippen LogP contribution in [0.15, 0.2) is 27.8 Å². The van der Waals surface area contributed by atoms with Crippen LogP contribution in [-0.2, 0) is 11.3 Å². The predicted molar refractivity (Wildman–Crippen MR) is 110 cm³/mol. The maximum Gasteiger partial charge on any atom is 0.239 e. The molecule has 0 radical (unpaired) electrons. The molecule has 1 aliphatic rings. The van der Waals surface area contributed by atoms with E-state index in [-0.39, 0.29) is 35.9 Å². The molecule has 2 heterocycles. The summed E-state index contributed by atoms with van der Waals surface area (Å²) in [6.07, 6.45) is 4.70. The molecule has 1 fully saturated rings. The van der Waals surface area contributed by atoms with Crippen molar-refractivity contribution >= 4 is 35.8 Å². The maximum atomic E-state index is 12.2. The van der Waals surface area contributed by atoms with E-state index in [9.17, 15) is 4.79 Å². The Morgan fingerprint density at radius 1 is 1.44 bits per heavy atom. The molecule has 1 aromatic rings. The molecule has 1 aliphatic heterocycles. The van der Waals surface area contributed by atoms with E-state index < -0.39 is 0 Å². The number of carbonyl (C=O) groups is 1. The van der Waals surface area contributed by atoms with Crippen molar-refractivity contribution in [3.8, 4) is 0 Å². The molecule has 0 bridgehead atoms. The molecule has 2 rings (SSSR count). The zero-order chi connectivity index (χ0) is 17.4. The molecule has 0 aliphatic carbocycles. The molecule has 1 aromatic heterocycles. The van der Waals surface area contributed by atoms with Gasteiger partial charge >= 0.3 is 0 Å². The minimum atomic E-state index is 0. The molecule has 142 valence electrons. The van der Waals surface area contributed by atoms with Crippen molar-refractivity contribution in [3.63, 3.8) is 0 Å². The monoisotopic (exact) mass is 463 g/mol. The van der Waals surface area contributed by atoms with Gasteiger partial charge in [0, 0.05) is 34.2 Å². The Hall–Kier alpha value is -1.29. The van der Waals surface area contributed by atoms with Crippen LogP contribution >= 0.6 is 24.0 Å². The molecule has 2 N–H and O–H groups in total. The third kappa shape index (κ3) is 6.85. The van der Waals surface area contributed by atoms with Gasteiger partial charge in [-0.2, -0.15) is 0 Å². The summed E-state index contributed by atoms with van der Waals surface area (Å²) in [5.74, 6) is 1.85. The average Bonchev–Trinajstić information content (AvgIpc) is 3.24. The number of halogens is 1. The van der Waals surface area contributed by atoms with Crippen molar-refractivity contribution in [2.75, 3.05) is 40.8 Å². The minimum absolute atomic E-state index is 0. The number of hydrogen-bond acceptors (Lipinski definition) is 4. The number of likely N-dealkylation sites (N-methyl/N-ethyl adjacent to an activating group) is 1. The zero-order valence-corrected chi connectivity index (χ0v) is 17.7. The number of guanidine groups is 1. The third-order valence-corrected chi connectivity index (χ3v) is 4.24. The first-order valence-electron chi connectivity index (χ1n) is 8.54. The standard InChI is InChI=1S/C17H29N5O2.HI/c1-18-17(20-13-14-7-5-12-24-14)19-9-6-11-22-10-4-8-15(22)16(23)21(2)3;/h5,7,12,15H,4,6,8-11,13H2,1-3H3,(H2,18,19,20);1H. The first-order valence-corrected chi connectivity index (χ1v) is 8.54. The quantitative estimate of drug-likeness (QED) is 0.278. The van der Waals surface area contributed by atoms with Crippen molar-refractivity contribution in [1.82, 2.24) is 20.4 Å². The summed E-state index contributed by atoms with van der Waals surface area (Å²) in [5.41, 5.74) is 0. The molecular weight excluding hydrogens is 433 g/mol. The van der Waals surface area contributed by atoms with Crippen molar-refractivity contribution in [2.45, 2.75) is 31.8 Å². The van der Waals surface area contributed by atoms with E-state index >= 15 is 0 Å². The largest absolute Gasteiger partial charge is 0.467 e. The second-order valence-electron chi connectivity index (χ2n) is 6.21. The Kier molecular flexibility index (Phi) is 9.88. The second kappa shape index (κ2) is 11.3. The van der Waals surface area contributed by atoms with E-state index in [1.165, 1.54) is 0 Å². The first kappa shape index (κ1) is 21.8. The number of nitrogens with one attached hydrogen (secondary N) is 2. The summed E-state index contributed by atoms with van der Waals surface area (Å²) in [5, 5.41) is 6.51. The lowest BCUT2D eigenvalue weighted by Crippen LogP contribution is -2.44. The van der Waals surface area contributed by atoms with Gasteiger partial charge in [-0.15, -0.1) is 24.0 Å².